The Hall–Kier alpha value is -2.54. The maximum Gasteiger partial charge on any atom is 0.265 e. The average molecular weight is 404 g/mol. The molecule has 3 N–H and O–H groups in total. The van der Waals surface area contributed by atoms with Crippen molar-refractivity contribution < 1.29 is 14.3 Å². The van der Waals surface area contributed by atoms with E-state index < -0.39 is 12.1 Å². The van der Waals surface area contributed by atoms with Gasteiger partial charge in [0.1, 0.15) is 11.8 Å². The summed E-state index contributed by atoms with van der Waals surface area (Å²) < 4.78 is 6.47. The Morgan fingerprint density at radius 3 is 2.60 bits per heavy atom. The summed E-state index contributed by atoms with van der Waals surface area (Å²) in [7, 11) is 0. The minimum absolute atomic E-state index is 0.158. The first-order valence-corrected chi connectivity index (χ1v) is 8.66. The van der Waals surface area contributed by atoms with Crippen LogP contribution in [-0.2, 0) is 9.59 Å². The molecule has 0 fully saturated rings. The standard InChI is InChI=1S/C18H18BrN3O3/c1-10(17(23)21-13-5-3-12(19)4-6-13)20-14-7-8-16-15(9-14)22-18(24)11(2)25-16/h3-11,20H,1-2H3,(H,21,23)(H,22,24). The molecule has 2 amide bonds. The first kappa shape index (κ1) is 17.3. The van der Waals surface area contributed by atoms with E-state index in [0.29, 0.717) is 11.4 Å². The second kappa shape index (κ2) is 7.14. The lowest BCUT2D eigenvalue weighted by atomic mass is 10.2. The number of carbonyl (C=O) groups excluding carboxylic acids is 2. The first-order chi connectivity index (χ1) is 11.9. The molecule has 0 aliphatic carbocycles. The van der Waals surface area contributed by atoms with Crippen molar-refractivity contribution in [1.29, 1.82) is 0 Å². The number of halogens is 1. The van der Waals surface area contributed by atoms with Gasteiger partial charge in [0.15, 0.2) is 6.10 Å². The number of amides is 2. The number of benzene rings is 2. The summed E-state index contributed by atoms with van der Waals surface area (Å²) in [5.74, 6) is 0.268. The van der Waals surface area contributed by atoms with Crippen LogP contribution in [0.1, 0.15) is 13.8 Å². The molecule has 3 rings (SSSR count). The van der Waals surface area contributed by atoms with Gasteiger partial charge < -0.3 is 20.7 Å². The van der Waals surface area contributed by atoms with E-state index in [1.165, 1.54) is 0 Å². The summed E-state index contributed by atoms with van der Waals surface area (Å²) in [4.78, 5) is 24.0. The molecule has 130 valence electrons. The number of hydrogen-bond acceptors (Lipinski definition) is 4. The van der Waals surface area contributed by atoms with Gasteiger partial charge in [0.25, 0.3) is 5.91 Å². The fourth-order valence-electron chi connectivity index (χ4n) is 2.40. The Morgan fingerprint density at radius 2 is 1.88 bits per heavy atom. The smallest absolute Gasteiger partial charge is 0.265 e. The summed E-state index contributed by atoms with van der Waals surface area (Å²) in [6.07, 6.45) is -0.512. The molecule has 0 aromatic heterocycles. The van der Waals surface area contributed by atoms with Gasteiger partial charge in [-0.25, -0.2) is 0 Å². The van der Waals surface area contributed by atoms with Gasteiger partial charge in [0.05, 0.1) is 5.69 Å². The lowest BCUT2D eigenvalue weighted by Crippen LogP contribution is -2.34. The van der Waals surface area contributed by atoms with E-state index in [9.17, 15) is 9.59 Å². The number of carbonyl (C=O) groups is 2. The maximum atomic E-state index is 12.3. The molecule has 0 bridgehead atoms. The highest BCUT2D eigenvalue weighted by Gasteiger charge is 2.24. The van der Waals surface area contributed by atoms with Gasteiger partial charge in [-0.15, -0.1) is 0 Å². The van der Waals surface area contributed by atoms with Crippen LogP contribution in [0.4, 0.5) is 17.1 Å². The predicted octanol–water partition coefficient (Wildman–Crippen LogP) is 3.61. The topological polar surface area (TPSA) is 79.5 Å². The van der Waals surface area contributed by atoms with Crippen molar-refractivity contribution >= 4 is 44.8 Å². The molecule has 2 unspecified atom stereocenters. The van der Waals surface area contributed by atoms with E-state index in [-0.39, 0.29) is 11.8 Å². The maximum absolute atomic E-state index is 12.3. The van der Waals surface area contributed by atoms with Gasteiger partial charge in [-0.3, -0.25) is 9.59 Å². The van der Waals surface area contributed by atoms with Crippen molar-refractivity contribution in [2.75, 3.05) is 16.0 Å². The van der Waals surface area contributed by atoms with Crippen LogP contribution in [0.15, 0.2) is 46.9 Å². The molecule has 0 spiro atoms. The Balaban J connectivity index is 1.65. The van der Waals surface area contributed by atoms with Crippen molar-refractivity contribution in [3.63, 3.8) is 0 Å². The third kappa shape index (κ3) is 4.11. The van der Waals surface area contributed by atoms with E-state index in [0.717, 1.165) is 15.8 Å². The minimum atomic E-state index is -0.512. The quantitative estimate of drug-likeness (QED) is 0.728. The molecule has 7 heteroatoms. The molecule has 1 aliphatic rings. The Kier molecular flexibility index (Phi) is 4.94. The van der Waals surface area contributed by atoms with Crippen LogP contribution >= 0.6 is 15.9 Å². The molecule has 0 saturated heterocycles. The summed E-state index contributed by atoms with van der Waals surface area (Å²) in [5.41, 5.74) is 2.03. The zero-order valence-corrected chi connectivity index (χ0v) is 15.4. The van der Waals surface area contributed by atoms with Crippen molar-refractivity contribution in [2.45, 2.75) is 26.0 Å². The number of nitrogens with one attached hydrogen (secondary N) is 3. The molecule has 2 aromatic rings. The summed E-state index contributed by atoms with van der Waals surface area (Å²) in [6, 6.07) is 12.2. The number of hydrogen-bond donors (Lipinski definition) is 3. The highest BCUT2D eigenvalue weighted by molar-refractivity contribution is 9.10. The molecule has 0 radical (unpaired) electrons. The molecule has 1 aliphatic heterocycles. The Labute approximate surface area is 154 Å². The Morgan fingerprint density at radius 1 is 1.20 bits per heavy atom. The number of anilines is 3. The van der Waals surface area contributed by atoms with E-state index >= 15 is 0 Å². The van der Waals surface area contributed by atoms with E-state index in [4.69, 9.17) is 4.74 Å². The molecule has 0 saturated carbocycles. The van der Waals surface area contributed by atoms with Crippen LogP contribution in [0.2, 0.25) is 0 Å². The first-order valence-electron chi connectivity index (χ1n) is 7.87. The van der Waals surface area contributed by atoms with Gasteiger partial charge in [0.2, 0.25) is 5.91 Å². The zero-order chi connectivity index (χ0) is 18.0. The highest BCUT2D eigenvalue weighted by Crippen LogP contribution is 2.32. The lowest BCUT2D eigenvalue weighted by molar-refractivity contribution is -0.122. The van der Waals surface area contributed by atoms with Crippen molar-refractivity contribution in [3.05, 3.63) is 46.9 Å². The van der Waals surface area contributed by atoms with Gasteiger partial charge in [0, 0.05) is 15.8 Å². The van der Waals surface area contributed by atoms with Gasteiger partial charge >= 0.3 is 0 Å². The van der Waals surface area contributed by atoms with Crippen LogP contribution in [0.5, 0.6) is 5.75 Å². The lowest BCUT2D eigenvalue weighted by Gasteiger charge is -2.24. The van der Waals surface area contributed by atoms with Crippen LogP contribution in [-0.4, -0.2) is 24.0 Å². The second-order valence-electron chi connectivity index (χ2n) is 5.82. The number of ether oxygens (including phenoxy) is 1. The Bertz CT molecular complexity index is 808. The number of rotatable bonds is 4. The van der Waals surface area contributed by atoms with Crippen molar-refractivity contribution in [2.24, 2.45) is 0 Å². The molecule has 2 aromatic carbocycles. The SMILES string of the molecule is CC(Nc1ccc2c(c1)NC(=O)C(C)O2)C(=O)Nc1ccc(Br)cc1. The zero-order valence-electron chi connectivity index (χ0n) is 13.8. The van der Waals surface area contributed by atoms with Gasteiger partial charge in [-0.05, 0) is 56.3 Å². The van der Waals surface area contributed by atoms with Gasteiger partial charge in [-0.1, -0.05) is 15.9 Å². The molecule has 2 atom stereocenters. The summed E-state index contributed by atoms with van der Waals surface area (Å²) >= 11 is 3.36. The van der Waals surface area contributed by atoms with Crippen LogP contribution < -0.4 is 20.7 Å². The third-order valence-electron chi connectivity index (χ3n) is 3.80. The summed E-state index contributed by atoms with van der Waals surface area (Å²) in [6.45, 7) is 3.46. The van der Waals surface area contributed by atoms with E-state index in [2.05, 4.69) is 31.9 Å². The monoisotopic (exact) mass is 403 g/mol. The van der Waals surface area contributed by atoms with Crippen molar-refractivity contribution in [3.8, 4) is 5.75 Å². The summed E-state index contributed by atoms with van der Waals surface area (Å²) in [5, 5.41) is 8.76. The molecule has 1 heterocycles. The minimum Gasteiger partial charge on any atom is -0.479 e. The molecular weight excluding hydrogens is 386 g/mol. The molecular formula is C18H18BrN3O3. The largest absolute Gasteiger partial charge is 0.479 e. The van der Waals surface area contributed by atoms with E-state index in [1.54, 1.807) is 26.0 Å². The number of fused-ring (bicyclic) bond motifs is 1. The second-order valence-corrected chi connectivity index (χ2v) is 6.74. The predicted molar refractivity (Wildman–Crippen MR) is 101 cm³/mol. The fourth-order valence-corrected chi connectivity index (χ4v) is 2.66. The average Bonchev–Trinajstić information content (AvgIpc) is 2.58. The third-order valence-corrected chi connectivity index (χ3v) is 4.33. The normalized spacial score (nSPS) is 16.9. The van der Waals surface area contributed by atoms with Gasteiger partial charge in [-0.2, -0.15) is 0 Å². The fraction of sp³-hybridized carbons (Fsp3) is 0.222. The molecule has 25 heavy (non-hydrogen) atoms. The van der Waals surface area contributed by atoms with Crippen LogP contribution in [0.25, 0.3) is 0 Å². The van der Waals surface area contributed by atoms with Crippen molar-refractivity contribution in [1.82, 2.24) is 0 Å². The van der Waals surface area contributed by atoms with E-state index in [1.807, 2.05) is 30.3 Å². The van der Waals surface area contributed by atoms with Crippen LogP contribution in [0.3, 0.4) is 0 Å². The highest BCUT2D eigenvalue weighted by atomic mass is 79.9. The molecule has 6 nitrogen and oxygen atoms in total. The van der Waals surface area contributed by atoms with Crippen LogP contribution in [0, 0.1) is 0 Å².